The van der Waals surface area contributed by atoms with Gasteiger partial charge in [-0.15, -0.1) is 0 Å². The van der Waals surface area contributed by atoms with Crippen molar-refractivity contribution in [3.05, 3.63) is 35.1 Å². The van der Waals surface area contributed by atoms with Gasteiger partial charge in [-0.1, -0.05) is 6.07 Å². The normalized spacial score (nSPS) is 25.2. The van der Waals surface area contributed by atoms with E-state index in [2.05, 4.69) is 5.32 Å². The van der Waals surface area contributed by atoms with Crippen molar-refractivity contribution in [2.24, 2.45) is 0 Å². The summed E-state index contributed by atoms with van der Waals surface area (Å²) >= 11 is 0. The zero-order chi connectivity index (χ0) is 18.5. The Kier molecular flexibility index (Phi) is 4.34. The van der Waals surface area contributed by atoms with E-state index in [0.717, 1.165) is 30.4 Å². The van der Waals surface area contributed by atoms with E-state index < -0.39 is 10.0 Å². The van der Waals surface area contributed by atoms with Crippen LogP contribution in [0.15, 0.2) is 18.2 Å². The Morgan fingerprint density at radius 2 is 2.00 bits per heavy atom. The van der Waals surface area contributed by atoms with Crippen LogP contribution in [0, 0.1) is 5.82 Å². The lowest BCUT2D eigenvalue weighted by molar-refractivity contribution is -0.121. The highest BCUT2D eigenvalue weighted by molar-refractivity contribution is 7.90. The largest absolute Gasteiger partial charge is 0.359 e. The molecule has 4 rings (SSSR count). The predicted molar refractivity (Wildman–Crippen MR) is 96.9 cm³/mol. The molecule has 2 aliphatic carbocycles. The number of carbonyl (C=O) groups excluding carboxylic acids is 1. The Morgan fingerprint density at radius 1 is 1.31 bits per heavy atom. The molecule has 1 saturated heterocycles. The smallest absolute Gasteiger partial charge is 0.220 e. The van der Waals surface area contributed by atoms with Crippen molar-refractivity contribution in [3.8, 4) is 0 Å². The van der Waals surface area contributed by atoms with E-state index in [4.69, 9.17) is 0 Å². The van der Waals surface area contributed by atoms with Crippen LogP contribution in [-0.2, 0) is 20.2 Å². The first-order valence-electron chi connectivity index (χ1n) is 9.35. The molecule has 1 heterocycles. The molecule has 2 fully saturated rings. The molecule has 26 heavy (non-hydrogen) atoms. The van der Waals surface area contributed by atoms with Gasteiger partial charge in [0, 0.05) is 26.6 Å². The second kappa shape index (κ2) is 6.30. The van der Waals surface area contributed by atoms with Crippen LogP contribution in [-0.4, -0.2) is 44.0 Å². The fourth-order valence-electron chi connectivity index (χ4n) is 4.76. The third-order valence-corrected chi connectivity index (χ3v) is 8.76. The number of nitrogens with zero attached hydrogens (tertiary/aromatic N) is 1. The lowest BCUT2D eigenvalue weighted by atomic mass is 9.73. The van der Waals surface area contributed by atoms with Crippen LogP contribution in [0.5, 0.6) is 0 Å². The molecule has 142 valence electrons. The molecule has 0 bridgehead atoms. The Hall–Kier alpha value is -1.47. The first-order chi connectivity index (χ1) is 12.4. The lowest BCUT2D eigenvalue weighted by Gasteiger charge is -2.40. The van der Waals surface area contributed by atoms with Crippen molar-refractivity contribution in [1.29, 1.82) is 0 Å². The number of nitrogens with one attached hydrogen (secondary N) is 1. The van der Waals surface area contributed by atoms with Crippen LogP contribution in [0.25, 0.3) is 0 Å². The third-order valence-electron chi connectivity index (χ3n) is 6.36. The maximum atomic E-state index is 14.0. The quantitative estimate of drug-likeness (QED) is 0.871. The molecule has 1 spiro atoms. The Labute approximate surface area is 154 Å². The van der Waals surface area contributed by atoms with Crippen molar-refractivity contribution in [2.45, 2.75) is 55.1 Å². The Bertz CT molecular complexity index is 827. The van der Waals surface area contributed by atoms with Crippen molar-refractivity contribution in [3.63, 3.8) is 0 Å². The minimum absolute atomic E-state index is 0.0175. The average molecular weight is 380 g/mol. The Balaban J connectivity index is 1.59. The second-order valence-electron chi connectivity index (χ2n) is 7.93. The molecule has 1 atom stereocenters. The minimum atomic E-state index is -3.16. The number of sulfonamides is 1. The summed E-state index contributed by atoms with van der Waals surface area (Å²) in [6, 6.07) is 4.87. The topological polar surface area (TPSA) is 66.5 Å². The number of hydrogen-bond donors (Lipinski definition) is 1. The number of piperidine rings is 1. The molecule has 1 aromatic rings. The summed E-state index contributed by atoms with van der Waals surface area (Å²) in [5.74, 6) is -0.218. The van der Waals surface area contributed by atoms with Gasteiger partial charge >= 0.3 is 0 Å². The maximum Gasteiger partial charge on any atom is 0.220 e. The second-order valence-corrected chi connectivity index (χ2v) is 10.1. The number of hydrogen-bond acceptors (Lipinski definition) is 3. The summed E-state index contributed by atoms with van der Waals surface area (Å²) in [5, 5.41) is 2.48. The summed E-state index contributed by atoms with van der Waals surface area (Å²) in [4.78, 5) is 11.9. The zero-order valence-electron chi connectivity index (χ0n) is 15.0. The molecular weight excluding hydrogens is 355 g/mol. The number of fused-ring (bicyclic) bond motifs is 2. The monoisotopic (exact) mass is 380 g/mol. The van der Waals surface area contributed by atoms with Gasteiger partial charge in [0.1, 0.15) is 5.82 Å². The van der Waals surface area contributed by atoms with Crippen LogP contribution in [0.3, 0.4) is 0 Å². The van der Waals surface area contributed by atoms with Crippen LogP contribution in [0.2, 0.25) is 0 Å². The number of halogens is 1. The molecule has 0 aromatic heterocycles. The van der Waals surface area contributed by atoms with Crippen molar-refractivity contribution < 1.29 is 17.6 Å². The van der Waals surface area contributed by atoms with Gasteiger partial charge in [0.25, 0.3) is 0 Å². The van der Waals surface area contributed by atoms with Gasteiger partial charge in [0.15, 0.2) is 0 Å². The molecule has 1 aromatic carbocycles. The Morgan fingerprint density at radius 3 is 2.62 bits per heavy atom. The average Bonchev–Trinajstić information content (AvgIpc) is 3.43. The molecule has 1 saturated carbocycles. The van der Waals surface area contributed by atoms with Gasteiger partial charge < -0.3 is 5.32 Å². The first kappa shape index (κ1) is 17.9. The van der Waals surface area contributed by atoms with Gasteiger partial charge in [0.05, 0.1) is 5.25 Å². The van der Waals surface area contributed by atoms with Crippen molar-refractivity contribution in [2.75, 3.05) is 20.1 Å². The van der Waals surface area contributed by atoms with Gasteiger partial charge in [0.2, 0.25) is 15.9 Å². The fraction of sp³-hybridized carbons (Fsp3) is 0.632. The standard InChI is InChI=1S/C19H25FN2O3S/c1-21-18(23)10-13-12-19(17-11-14(20)2-5-16(13)17)6-8-22(9-7-19)26(24,25)15-3-4-15/h2,5,11,13,15H,3-4,6-10,12H2,1H3,(H,21,23). The molecule has 1 aliphatic heterocycles. The van der Waals surface area contributed by atoms with E-state index in [-0.39, 0.29) is 28.3 Å². The van der Waals surface area contributed by atoms with Gasteiger partial charge in [-0.2, -0.15) is 0 Å². The number of amides is 1. The summed E-state index contributed by atoms with van der Waals surface area (Å²) in [6.07, 6.45) is 4.11. The van der Waals surface area contributed by atoms with E-state index in [1.807, 2.05) is 0 Å². The van der Waals surface area contributed by atoms with Crippen LogP contribution in [0.4, 0.5) is 4.39 Å². The minimum Gasteiger partial charge on any atom is -0.359 e. The number of rotatable bonds is 4. The molecular formula is C19H25FN2O3S. The molecule has 3 aliphatic rings. The highest BCUT2D eigenvalue weighted by atomic mass is 32.2. The van der Waals surface area contributed by atoms with Crippen LogP contribution in [0.1, 0.15) is 55.6 Å². The van der Waals surface area contributed by atoms with E-state index in [9.17, 15) is 17.6 Å². The van der Waals surface area contributed by atoms with Gasteiger partial charge in [-0.25, -0.2) is 17.1 Å². The van der Waals surface area contributed by atoms with Crippen LogP contribution < -0.4 is 5.32 Å². The highest BCUT2D eigenvalue weighted by Gasteiger charge is 2.49. The van der Waals surface area contributed by atoms with Gasteiger partial charge in [-0.3, -0.25) is 4.79 Å². The summed E-state index contributed by atoms with van der Waals surface area (Å²) in [5.41, 5.74) is 1.81. The third kappa shape index (κ3) is 2.95. The molecule has 1 N–H and O–H groups in total. The van der Waals surface area contributed by atoms with E-state index in [0.29, 0.717) is 32.4 Å². The summed E-state index contributed by atoms with van der Waals surface area (Å²) in [6.45, 7) is 0.975. The molecule has 1 unspecified atom stereocenters. The fourth-order valence-corrected chi connectivity index (χ4v) is 6.61. The van der Waals surface area contributed by atoms with Crippen molar-refractivity contribution >= 4 is 15.9 Å². The van der Waals surface area contributed by atoms with E-state index >= 15 is 0 Å². The predicted octanol–water partition coefficient (Wildman–Crippen LogP) is 2.27. The zero-order valence-corrected chi connectivity index (χ0v) is 15.8. The number of carbonyl (C=O) groups is 1. The summed E-state index contributed by atoms with van der Waals surface area (Å²) < 4.78 is 40.6. The summed E-state index contributed by atoms with van der Waals surface area (Å²) in [7, 11) is -1.54. The molecule has 0 radical (unpaired) electrons. The van der Waals surface area contributed by atoms with E-state index in [1.165, 1.54) is 6.07 Å². The molecule has 7 heteroatoms. The lowest BCUT2D eigenvalue weighted by Crippen LogP contribution is -2.45. The first-order valence-corrected chi connectivity index (χ1v) is 10.9. The molecule has 5 nitrogen and oxygen atoms in total. The molecule has 1 amide bonds. The maximum absolute atomic E-state index is 14.0. The van der Waals surface area contributed by atoms with Gasteiger partial charge in [-0.05, 0) is 66.7 Å². The highest BCUT2D eigenvalue weighted by Crippen LogP contribution is 2.53. The number of benzene rings is 1. The van der Waals surface area contributed by atoms with Crippen molar-refractivity contribution in [1.82, 2.24) is 9.62 Å². The van der Waals surface area contributed by atoms with E-state index in [1.54, 1.807) is 23.5 Å². The van der Waals surface area contributed by atoms with Crippen LogP contribution >= 0.6 is 0 Å². The SMILES string of the molecule is CNC(=O)CC1CC2(CCN(S(=O)(=O)C3CC3)CC2)c2cc(F)ccc21.